The van der Waals surface area contributed by atoms with Crippen LogP contribution in [0.15, 0.2) is 78.9 Å². The lowest BCUT2D eigenvalue weighted by molar-refractivity contribution is -0.384. The van der Waals surface area contributed by atoms with Crippen LogP contribution in [-0.2, 0) is 11.4 Å². The maximum absolute atomic E-state index is 12.0. The molecule has 0 saturated carbocycles. The number of ether oxygens (including phenoxy) is 3. The number of non-ortho nitro benzene ring substituents is 1. The van der Waals surface area contributed by atoms with Gasteiger partial charge in [0.2, 0.25) is 0 Å². The van der Waals surface area contributed by atoms with Crippen molar-refractivity contribution in [3.8, 4) is 17.2 Å². The average Bonchev–Trinajstić information content (AvgIpc) is 2.77. The number of hydrogen-bond acceptors (Lipinski definition) is 6. The molecule has 0 aliphatic heterocycles. The Morgan fingerprint density at radius 3 is 2.40 bits per heavy atom. The summed E-state index contributed by atoms with van der Waals surface area (Å²) in [6.07, 6.45) is 2.85. The lowest BCUT2D eigenvalue weighted by atomic mass is 10.2. The Balaban J connectivity index is 1.61. The zero-order valence-electron chi connectivity index (χ0n) is 16.2. The molecule has 0 atom stereocenters. The van der Waals surface area contributed by atoms with Crippen LogP contribution in [0.25, 0.3) is 6.08 Å². The Morgan fingerprint density at radius 2 is 1.73 bits per heavy atom. The number of rotatable bonds is 8. The van der Waals surface area contributed by atoms with Gasteiger partial charge >= 0.3 is 5.97 Å². The molecule has 30 heavy (non-hydrogen) atoms. The zero-order valence-corrected chi connectivity index (χ0v) is 16.2. The molecule has 0 aliphatic carbocycles. The van der Waals surface area contributed by atoms with Crippen LogP contribution >= 0.6 is 0 Å². The highest BCUT2D eigenvalue weighted by atomic mass is 16.6. The first-order chi connectivity index (χ1) is 14.5. The fourth-order valence-electron chi connectivity index (χ4n) is 2.59. The minimum atomic E-state index is -0.604. The minimum absolute atomic E-state index is 0.0768. The molecule has 0 aliphatic rings. The molecule has 0 amide bonds. The summed E-state index contributed by atoms with van der Waals surface area (Å²) in [5.41, 5.74) is 1.68. The molecule has 152 valence electrons. The maximum Gasteiger partial charge on any atom is 0.336 e. The topological polar surface area (TPSA) is 87.9 Å². The predicted octanol–water partition coefficient (Wildman–Crippen LogP) is 4.80. The van der Waals surface area contributed by atoms with E-state index < -0.39 is 10.9 Å². The lowest BCUT2D eigenvalue weighted by Gasteiger charge is -2.11. The van der Waals surface area contributed by atoms with Gasteiger partial charge in [0.05, 0.1) is 12.0 Å². The van der Waals surface area contributed by atoms with Crippen LogP contribution in [0.4, 0.5) is 5.69 Å². The normalized spacial score (nSPS) is 10.6. The van der Waals surface area contributed by atoms with Crippen molar-refractivity contribution >= 4 is 17.7 Å². The van der Waals surface area contributed by atoms with Crippen LogP contribution in [0.3, 0.4) is 0 Å². The fourth-order valence-corrected chi connectivity index (χ4v) is 2.59. The number of carbonyl (C=O) groups excluding carboxylic acids is 1. The number of carbonyl (C=O) groups is 1. The van der Waals surface area contributed by atoms with E-state index in [2.05, 4.69) is 0 Å². The second kappa shape index (κ2) is 9.88. The monoisotopic (exact) mass is 405 g/mol. The highest BCUT2D eigenvalue weighted by Gasteiger charge is 2.08. The highest BCUT2D eigenvalue weighted by molar-refractivity contribution is 5.88. The van der Waals surface area contributed by atoms with Crippen molar-refractivity contribution in [2.45, 2.75) is 6.61 Å². The van der Waals surface area contributed by atoms with Crippen LogP contribution in [0.5, 0.6) is 17.2 Å². The number of methoxy groups -OCH3 is 1. The Morgan fingerprint density at radius 1 is 1.00 bits per heavy atom. The van der Waals surface area contributed by atoms with Crippen molar-refractivity contribution in [3.63, 3.8) is 0 Å². The Bertz CT molecular complexity index is 1050. The molecule has 3 aromatic carbocycles. The van der Waals surface area contributed by atoms with Crippen molar-refractivity contribution < 1.29 is 23.9 Å². The Hall–Kier alpha value is -4.13. The van der Waals surface area contributed by atoms with Crippen LogP contribution in [-0.4, -0.2) is 18.0 Å². The smallest absolute Gasteiger partial charge is 0.336 e. The standard InChI is InChI=1S/C23H19NO6/c1-28-22-15-17(7-13-21(22)29-16-18-5-3-2-4-6-18)8-14-23(25)30-20-11-9-19(10-12-20)24(26)27/h2-15H,16H2,1H3/b14-8+. The lowest BCUT2D eigenvalue weighted by Crippen LogP contribution is -2.03. The van der Waals surface area contributed by atoms with Gasteiger partial charge in [-0.3, -0.25) is 10.1 Å². The largest absolute Gasteiger partial charge is 0.493 e. The van der Waals surface area contributed by atoms with Gasteiger partial charge in [0.1, 0.15) is 12.4 Å². The number of hydrogen-bond donors (Lipinski definition) is 0. The number of nitro benzene ring substituents is 1. The van der Waals surface area contributed by atoms with Gasteiger partial charge in [0.15, 0.2) is 11.5 Å². The van der Waals surface area contributed by atoms with Crippen LogP contribution < -0.4 is 14.2 Å². The molecule has 7 nitrogen and oxygen atoms in total. The third kappa shape index (κ3) is 5.68. The van der Waals surface area contributed by atoms with Crippen LogP contribution in [0.1, 0.15) is 11.1 Å². The molecule has 0 saturated heterocycles. The molecule has 0 heterocycles. The Kier molecular flexibility index (Phi) is 6.78. The number of benzene rings is 3. The number of nitrogens with zero attached hydrogens (tertiary/aromatic N) is 1. The van der Waals surface area contributed by atoms with E-state index in [1.54, 1.807) is 31.4 Å². The van der Waals surface area contributed by atoms with Crippen molar-refractivity contribution in [1.82, 2.24) is 0 Å². The first kappa shape index (κ1) is 20.6. The number of esters is 1. The van der Waals surface area contributed by atoms with Gasteiger partial charge in [-0.1, -0.05) is 36.4 Å². The summed E-state index contributed by atoms with van der Waals surface area (Å²) in [6.45, 7) is 0.411. The van der Waals surface area contributed by atoms with Gasteiger partial charge in [0.25, 0.3) is 5.69 Å². The molecular formula is C23H19NO6. The van der Waals surface area contributed by atoms with Gasteiger partial charge in [-0.2, -0.15) is 0 Å². The average molecular weight is 405 g/mol. The van der Waals surface area contributed by atoms with E-state index in [1.165, 1.54) is 30.3 Å². The summed E-state index contributed by atoms with van der Waals surface area (Å²) in [7, 11) is 1.54. The maximum atomic E-state index is 12.0. The summed E-state index contributed by atoms with van der Waals surface area (Å²) >= 11 is 0. The van der Waals surface area contributed by atoms with E-state index in [-0.39, 0.29) is 11.4 Å². The van der Waals surface area contributed by atoms with Crippen molar-refractivity contribution in [1.29, 1.82) is 0 Å². The molecule has 3 aromatic rings. The quantitative estimate of drug-likeness (QED) is 0.176. The predicted molar refractivity (Wildman–Crippen MR) is 112 cm³/mol. The molecule has 0 aromatic heterocycles. The van der Waals surface area contributed by atoms with Crippen LogP contribution in [0.2, 0.25) is 0 Å². The van der Waals surface area contributed by atoms with E-state index in [0.29, 0.717) is 18.1 Å². The number of nitro groups is 1. The molecule has 0 spiro atoms. The van der Waals surface area contributed by atoms with Gasteiger partial charge in [-0.25, -0.2) is 4.79 Å². The van der Waals surface area contributed by atoms with Crippen LogP contribution in [0, 0.1) is 10.1 Å². The zero-order chi connectivity index (χ0) is 21.3. The van der Waals surface area contributed by atoms with Gasteiger partial charge in [0, 0.05) is 18.2 Å². The molecule has 7 heteroatoms. The van der Waals surface area contributed by atoms with Crippen molar-refractivity contribution in [2.75, 3.05) is 7.11 Å². The second-order valence-corrected chi connectivity index (χ2v) is 6.19. The first-order valence-corrected chi connectivity index (χ1v) is 9.04. The summed E-state index contributed by atoms with van der Waals surface area (Å²) in [5, 5.41) is 10.7. The summed E-state index contributed by atoms with van der Waals surface area (Å²) in [5.74, 6) is 0.744. The summed E-state index contributed by atoms with van der Waals surface area (Å²) in [6, 6.07) is 20.4. The highest BCUT2D eigenvalue weighted by Crippen LogP contribution is 2.29. The second-order valence-electron chi connectivity index (χ2n) is 6.19. The van der Waals surface area contributed by atoms with E-state index in [9.17, 15) is 14.9 Å². The first-order valence-electron chi connectivity index (χ1n) is 9.04. The third-order valence-electron chi connectivity index (χ3n) is 4.10. The molecular weight excluding hydrogens is 386 g/mol. The van der Waals surface area contributed by atoms with Gasteiger partial charge < -0.3 is 14.2 Å². The molecule has 0 bridgehead atoms. The van der Waals surface area contributed by atoms with Crippen molar-refractivity contribution in [3.05, 3.63) is 100 Å². The van der Waals surface area contributed by atoms with Gasteiger partial charge in [-0.05, 0) is 41.5 Å². The molecule has 0 radical (unpaired) electrons. The molecule has 0 unspecified atom stereocenters. The van der Waals surface area contributed by atoms with Gasteiger partial charge in [-0.15, -0.1) is 0 Å². The molecule has 0 N–H and O–H groups in total. The van der Waals surface area contributed by atoms with E-state index in [0.717, 1.165) is 11.1 Å². The molecule has 3 rings (SSSR count). The van der Waals surface area contributed by atoms with E-state index >= 15 is 0 Å². The molecule has 0 fully saturated rings. The minimum Gasteiger partial charge on any atom is -0.493 e. The SMILES string of the molecule is COc1cc(/C=C/C(=O)Oc2ccc([N+](=O)[O-])cc2)ccc1OCc1ccccc1. The Labute approximate surface area is 173 Å². The summed E-state index contributed by atoms with van der Waals surface area (Å²) < 4.78 is 16.3. The van der Waals surface area contributed by atoms with E-state index in [1.807, 2.05) is 30.3 Å². The fraction of sp³-hybridized carbons (Fsp3) is 0.0870. The van der Waals surface area contributed by atoms with E-state index in [4.69, 9.17) is 14.2 Å². The summed E-state index contributed by atoms with van der Waals surface area (Å²) in [4.78, 5) is 22.1. The van der Waals surface area contributed by atoms with Crippen molar-refractivity contribution in [2.24, 2.45) is 0 Å². The third-order valence-corrected chi connectivity index (χ3v) is 4.10.